The lowest BCUT2D eigenvalue weighted by atomic mass is 10.1. The Bertz CT molecular complexity index is 1260. The second-order valence-electron chi connectivity index (χ2n) is 6.97. The van der Waals surface area contributed by atoms with Gasteiger partial charge >= 0.3 is 0 Å². The first-order valence-corrected chi connectivity index (χ1v) is 10.7. The molecular formula is C23H18IN3O2S. The average Bonchev–Trinajstić information content (AvgIpc) is 3.11. The molecule has 7 heteroatoms. The highest BCUT2D eigenvalue weighted by Gasteiger charge is 2.13. The minimum atomic E-state index is -0.253. The number of carbonyl (C=O) groups excluding carboxylic acids is 1. The summed E-state index contributed by atoms with van der Waals surface area (Å²) < 4.78 is 6.78. The molecule has 0 unspecified atom stereocenters. The van der Waals surface area contributed by atoms with Gasteiger partial charge in [-0.15, -0.1) is 0 Å². The number of anilines is 1. The Morgan fingerprint density at radius 2 is 1.77 bits per heavy atom. The van der Waals surface area contributed by atoms with Crippen molar-refractivity contribution in [2.75, 3.05) is 5.32 Å². The molecule has 0 aliphatic carbocycles. The number of aryl methyl sites for hydroxylation is 2. The normalized spacial score (nSPS) is 10.8. The van der Waals surface area contributed by atoms with E-state index >= 15 is 0 Å². The molecule has 3 aromatic carbocycles. The quantitative estimate of drug-likeness (QED) is 0.259. The van der Waals surface area contributed by atoms with Crippen molar-refractivity contribution in [1.29, 1.82) is 0 Å². The number of hydrogen-bond acceptors (Lipinski definition) is 4. The van der Waals surface area contributed by atoms with Crippen LogP contribution in [0.1, 0.15) is 21.5 Å². The molecule has 4 rings (SSSR count). The third-order valence-electron chi connectivity index (χ3n) is 4.46. The third-order valence-corrected chi connectivity index (χ3v) is 5.60. The summed E-state index contributed by atoms with van der Waals surface area (Å²) in [5.74, 6) is 0.320. The van der Waals surface area contributed by atoms with Crippen molar-refractivity contribution in [2.45, 2.75) is 13.8 Å². The number of benzene rings is 3. The Morgan fingerprint density at radius 1 is 1.03 bits per heavy atom. The van der Waals surface area contributed by atoms with E-state index in [1.54, 1.807) is 6.07 Å². The zero-order chi connectivity index (χ0) is 21.3. The van der Waals surface area contributed by atoms with E-state index in [-0.39, 0.29) is 11.0 Å². The maximum absolute atomic E-state index is 12.4. The maximum atomic E-state index is 12.4. The molecule has 5 nitrogen and oxygen atoms in total. The molecule has 30 heavy (non-hydrogen) atoms. The molecule has 150 valence electrons. The predicted molar refractivity (Wildman–Crippen MR) is 132 cm³/mol. The monoisotopic (exact) mass is 527 g/mol. The van der Waals surface area contributed by atoms with Gasteiger partial charge in [0.05, 0.1) is 5.56 Å². The van der Waals surface area contributed by atoms with Gasteiger partial charge in [-0.25, -0.2) is 4.98 Å². The largest absolute Gasteiger partial charge is 0.436 e. The lowest BCUT2D eigenvalue weighted by Gasteiger charge is -2.10. The topological polar surface area (TPSA) is 67.2 Å². The lowest BCUT2D eigenvalue weighted by molar-refractivity contribution is 0.0977. The smallest absolute Gasteiger partial charge is 0.258 e. The van der Waals surface area contributed by atoms with Gasteiger partial charge in [-0.3, -0.25) is 10.1 Å². The van der Waals surface area contributed by atoms with Crippen molar-refractivity contribution in [3.8, 4) is 11.5 Å². The van der Waals surface area contributed by atoms with E-state index < -0.39 is 0 Å². The highest BCUT2D eigenvalue weighted by Crippen LogP contribution is 2.27. The molecule has 0 fully saturated rings. The van der Waals surface area contributed by atoms with Crippen LogP contribution in [0.3, 0.4) is 0 Å². The predicted octanol–water partition coefficient (Wildman–Crippen LogP) is 5.84. The van der Waals surface area contributed by atoms with E-state index in [4.69, 9.17) is 16.6 Å². The van der Waals surface area contributed by atoms with E-state index in [0.717, 1.165) is 25.9 Å². The Kier molecular flexibility index (Phi) is 5.83. The second-order valence-corrected chi connectivity index (χ2v) is 8.54. The van der Waals surface area contributed by atoms with Gasteiger partial charge < -0.3 is 9.73 Å². The van der Waals surface area contributed by atoms with Crippen LogP contribution in [0, 0.1) is 17.4 Å². The van der Waals surface area contributed by atoms with E-state index in [1.807, 2.05) is 62.4 Å². The standard InChI is InChI=1S/C23H18IN3O2S/c1-13-9-14(2)11-15(10-13)22-26-19-12-16(7-8-20(19)29-22)25-23(30)27-21(28)17-5-3-4-6-18(17)24/h3-12H,1-2H3,(H2,25,27,28,30). The highest BCUT2D eigenvalue weighted by molar-refractivity contribution is 14.1. The number of thiocarbonyl (C=S) groups is 1. The van der Waals surface area contributed by atoms with E-state index in [9.17, 15) is 4.79 Å². The Balaban J connectivity index is 1.51. The molecule has 0 radical (unpaired) electrons. The number of hydrogen-bond donors (Lipinski definition) is 2. The zero-order valence-corrected chi connectivity index (χ0v) is 19.3. The van der Waals surface area contributed by atoms with Crippen LogP contribution < -0.4 is 10.6 Å². The van der Waals surface area contributed by atoms with Gasteiger partial charge in [-0.2, -0.15) is 0 Å². The van der Waals surface area contributed by atoms with Crippen LogP contribution in [-0.2, 0) is 0 Å². The van der Waals surface area contributed by atoms with Crippen molar-refractivity contribution in [1.82, 2.24) is 10.3 Å². The molecule has 0 aliphatic rings. The van der Waals surface area contributed by atoms with E-state index in [1.165, 1.54) is 0 Å². The summed E-state index contributed by atoms with van der Waals surface area (Å²) in [6, 6.07) is 19.1. The van der Waals surface area contributed by atoms with Crippen molar-refractivity contribution in [3.05, 3.63) is 80.9 Å². The highest BCUT2D eigenvalue weighted by atomic mass is 127. The molecule has 1 heterocycles. The van der Waals surface area contributed by atoms with Crippen LogP contribution in [-0.4, -0.2) is 16.0 Å². The maximum Gasteiger partial charge on any atom is 0.258 e. The van der Waals surface area contributed by atoms with Crippen LogP contribution in [0.5, 0.6) is 0 Å². The molecule has 0 saturated heterocycles. The summed E-state index contributed by atoms with van der Waals surface area (Å²) in [6.07, 6.45) is 0. The number of nitrogens with one attached hydrogen (secondary N) is 2. The molecule has 0 aliphatic heterocycles. The van der Waals surface area contributed by atoms with Gasteiger partial charge in [-0.1, -0.05) is 29.3 Å². The summed E-state index contributed by atoms with van der Waals surface area (Å²) in [4.78, 5) is 17.0. The van der Waals surface area contributed by atoms with Crippen molar-refractivity contribution < 1.29 is 9.21 Å². The SMILES string of the molecule is Cc1cc(C)cc(-c2nc3cc(NC(=S)NC(=O)c4ccccc4I)ccc3o2)c1. The minimum absolute atomic E-state index is 0.219. The van der Waals surface area contributed by atoms with Crippen molar-refractivity contribution >= 4 is 62.6 Å². The first kappa shape index (κ1) is 20.5. The molecule has 0 saturated carbocycles. The van der Waals surface area contributed by atoms with Gasteiger partial charge in [0.1, 0.15) is 5.52 Å². The van der Waals surface area contributed by atoms with Crippen molar-refractivity contribution in [2.24, 2.45) is 0 Å². The van der Waals surface area contributed by atoms with Gasteiger partial charge in [0.15, 0.2) is 10.7 Å². The summed E-state index contributed by atoms with van der Waals surface area (Å²) in [5.41, 5.74) is 5.94. The molecule has 0 spiro atoms. The molecule has 1 aromatic heterocycles. The summed E-state index contributed by atoms with van der Waals surface area (Å²) in [5, 5.41) is 5.97. The van der Waals surface area contributed by atoms with Crippen LogP contribution >= 0.6 is 34.8 Å². The Hall–Kier alpha value is -2.78. The first-order valence-electron chi connectivity index (χ1n) is 9.25. The van der Waals surface area contributed by atoms with E-state index in [2.05, 4.69) is 44.3 Å². The number of halogens is 1. The van der Waals surface area contributed by atoms with Gasteiger partial charge in [-0.05, 0) is 91.1 Å². The van der Waals surface area contributed by atoms with Crippen LogP contribution in [0.25, 0.3) is 22.6 Å². The number of carbonyl (C=O) groups is 1. The number of nitrogens with zero attached hydrogens (tertiary/aromatic N) is 1. The molecule has 0 atom stereocenters. The Labute approximate surface area is 193 Å². The van der Waals surface area contributed by atoms with Gasteiger partial charge in [0.25, 0.3) is 5.91 Å². The van der Waals surface area contributed by atoms with Gasteiger partial charge in [0, 0.05) is 14.8 Å². The number of fused-ring (bicyclic) bond motifs is 1. The molecule has 2 N–H and O–H groups in total. The average molecular weight is 527 g/mol. The number of oxazole rings is 1. The van der Waals surface area contributed by atoms with Crippen LogP contribution in [0.2, 0.25) is 0 Å². The van der Waals surface area contributed by atoms with Gasteiger partial charge in [0.2, 0.25) is 5.89 Å². The summed E-state index contributed by atoms with van der Waals surface area (Å²) in [6.45, 7) is 4.10. The molecule has 0 bridgehead atoms. The molecule has 4 aromatic rings. The first-order chi connectivity index (χ1) is 14.4. The number of aromatic nitrogens is 1. The lowest BCUT2D eigenvalue weighted by Crippen LogP contribution is -2.34. The fraction of sp³-hybridized carbons (Fsp3) is 0.0870. The fourth-order valence-corrected chi connectivity index (χ4v) is 4.05. The third kappa shape index (κ3) is 4.52. The van der Waals surface area contributed by atoms with E-state index in [0.29, 0.717) is 22.6 Å². The fourth-order valence-electron chi connectivity index (χ4n) is 3.20. The summed E-state index contributed by atoms with van der Waals surface area (Å²) >= 11 is 7.42. The van der Waals surface area contributed by atoms with Crippen LogP contribution in [0.4, 0.5) is 5.69 Å². The van der Waals surface area contributed by atoms with Crippen molar-refractivity contribution in [3.63, 3.8) is 0 Å². The molecule has 1 amide bonds. The number of rotatable bonds is 3. The zero-order valence-electron chi connectivity index (χ0n) is 16.3. The minimum Gasteiger partial charge on any atom is -0.436 e. The van der Waals surface area contributed by atoms with Crippen LogP contribution in [0.15, 0.2) is 65.1 Å². The number of amides is 1. The second kappa shape index (κ2) is 8.53. The summed E-state index contributed by atoms with van der Waals surface area (Å²) in [7, 11) is 0. The Morgan fingerprint density at radius 3 is 2.50 bits per heavy atom. The molecular weight excluding hydrogens is 509 g/mol.